The Kier molecular flexibility index (Phi) is 4.05. The number of rotatable bonds is 4. The van der Waals surface area contributed by atoms with Gasteiger partial charge in [-0.3, -0.25) is 4.79 Å². The van der Waals surface area contributed by atoms with Gasteiger partial charge in [-0.15, -0.1) is 0 Å². The van der Waals surface area contributed by atoms with Crippen molar-refractivity contribution in [3.63, 3.8) is 0 Å². The zero-order chi connectivity index (χ0) is 12.3. The second kappa shape index (κ2) is 4.93. The van der Waals surface area contributed by atoms with Gasteiger partial charge in [0.2, 0.25) is 0 Å². The van der Waals surface area contributed by atoms with E-state index in [-0.39, 0.29) is 6.42 Å². The van der Waals surface area contributed by atoms with Gasteiger partial charge in [-0.05, 0) is 26.0 Å². The number of hydrogen-bond acceptors (Lipinski definition) is 2. The fraction of sp³-hybridized carbons (Fsp3) is 0.364. The Morgan fingerprint density at radius 2 is 1.88 bits per heavy atom. The van der Waals surface area contributed by atoms with E-state index in [1.807, 2.05) is 0 Å². The highest BCUT2D eigenvalue weighted by molar-refractivity contribution is 6.37. The molecular weight excluding hydrogens is 251 g/mol. The molecular formula is C11H12Cl2O3. The molecule has 0 radical (unpaired) electrons. The minimum Gasteiger partial charge on any atom is -0.484 e. The number of para-hydroxylation sites is 1. The first-order valence-corrected chi connectivity index (χ1v) is 5.42. The summed E-state index contributed by atoms with van der Waals surface area (Å²) in [5.74, 6) is -0.620. The number of carboxylic acids is 1. The molecule has 0 heterocycles. The number of carboxylic acid groups (broad SMARTS) is 1. The van der Waals surface area contributed by atoms with E-state index in [1.165, 1.54) is 0 Å². The molecule has 0 amide bonds. The van der Waals surface area contributed by atoms with Crippen LogP contribution in [0.25, 0.3) is 0 Å². The minimum absolute atomic E-state index is 0.130. The number of halogens is 2. The van der Waals surface area contributed by atoms with E-state index in [0.717, 1.165) is 0 Å². The summed E-state index contributed by atoms with van der Waals surface area (Å²) in [4.78, 5) is 10.6. The van der Waals surface area contributed by atoms with Crippen molar-refractivity contribution in [2.75, 3.05) is 0 Å². The Balaban J connectivity index is 2.91. The van der Waals surface area contributed by atoms with Gasteiger partial charge in [0, 0.05) is 0 Å². The predicted molar refractivity (Wildman–Crippen MR) is 63.4 cm³/mol. The molecule has 1 rings (SSSR count). The lowest BCUT2D eigenvalue weighted by Gasteiger charge is -2.25. The maximum atomic E-state index is 10.6. The minimum atomic E-state index is -0.937. The van der Waals surface area contributed by atoms with E-state index in [9.17, 15) is 4.79 Å². The van der Waals surface area contributed by atoms with Gasteiger partial charge in [0.25, 0.3) is 0 Å². The summed E-state index contributed by atoms with van der Waals surface area (Å²) < 4.78 is 5.53. The van der Waals surface area contributed by atoms with Gasteiger partial charge in [-0.2, -0.15) is 0 Å². The Morgan fingerprint density at radius 3 is 2.31 bits per heavy atom. The molecule has 88 valence electrons. The lowest BCUT2D eigenvalue weighted by atomic mass is 10.1. The van der Waals surface area contributed by atoms with Crippen LogP contribution < -0.4 is 4.74 Å². The van der Waals surface area contributed by atoms with E-state index >= 15 is 0 Å². The smallest absolute Gasteiger partial charge is 0.307 e. The molecule has 3 nitrogen and oxygen atoms in total. The number of carbonyl (C=O) groups is 1. The van der Waals surface area contributed by atoms with Crippen LogP contribution in [-0.4, -0.2) is 16.7 Å². The summed E-state index contributed by atoms with van der Waals surface area (Å²) in [5, 5.41) is 9.45. The highest BCUT2D eigenvalue weighted by atomic mass is 35.5. The molecule has 0 atom stereocenters. The van der Waals surface area contributed by atoms with Crippen molar-refractivity contribution in [1.29, 1.82) is 0 Å². The molecule has 0 bridgehead atoms. The van der Waals surface area contributed by atoms with Gasteiger partial charge in [0.1, 0.15) is 5.60 Å². The zero-order valence-electron chi connectivity index (χ0n) is 8.96. The van der Waals surface area contributed by atoms with Crippen molar-refractivity contribution >= 4 is 29.2 Å². The fourth-order valence-electron chi connectivity index (χ4n) is 1.26. The largest absolute Gasteiger partial charge is 0.484 e. The quantitative estimate of drug-likeness (QED) is 0.902. The summed E-state index contributed by atoms with van der Waals surface area (Å²) in [7, 11) is 0. The van der Waals surface area contributed by atoms with E-state index in [2.05, 4.69) is 0 Å². The molecule has 16 heavy (non-hydrogen) atoms. The molecule has 0 aliphatic rings. The van der Waals surface area contributed by atoms with Crippen LogP contribution in [0.15, 0.2) is 18.2 Å². The fourth-order valence-corrected chi connectivity index (χ4v) is 1.73. The third-order valence-corrected chi connectivity index (χ3v) is 2.47. The molecule has 5 heteroatoms. The predicted octanol–water partition coefficient (Wildman–Crippen LogP) is 3.63. The first-order valence-electron chi connectivity index (χ1n) is 4.67. The highest BCUT2D eigenvalue weighted by Crippen LogP contribution is 2.35. The lowest BCUT2D eigenvalue weighted by Crippen LogP contribution is -2.31. The normalized spacial score (nSPS) is 11.2. The average molecular weight is 263 g/mol. The van der Waals surface area contributed by atoms with Crippen LogP contribution in [0.2, 0.25) is 10.0 Å². The molecule has 0 aliphatic heterocycles. The maximum absolute atomic E-state index is 10.6. The zero-order valence-corrected chi connectivity index (χ0v) is 10.5. The monoisotopic (exact) mass is 262 g/mol. The summed E-state index contributed by atoms with van der Waals surface area (Å²) in [6, 6.07) is 4.97. The third kappa shape index (κ3) is 3.58. The Bertz CT molecular complexity index is 382. The van der Waals surface area contributed by atoms with Crippen LogP contribution in [0.3, 0.4) is 0 Å². The number of aliphatic carboxylic acids is 1. The molecule has 0 aromatic heterocycles. The summed E-state index contributed by atoms with van der Waals surface area (Å²) in [5.41, 5.74) is -0.861. The van der Waals surface area contributed by atoms with Gasteiger partial charge >= 0.3 is 5.97 Å². The lowest BCUT2D eigenvalue weighted by molar-refractivity contribution is -0.140. The Hall–Kier alpha value is -0.930. The molecule has 0 unspecified atom stereocenters. The van der Waals surface area contributed by atoms with Crippen LogP contribution in [0.1, 0.15) is 20.3 Å². The number of benzene rings is 1. The summed E-state index contributed by atoms with van der Waals surface area (Å²) in [6.45, 7) is 3.33. The molecule has 1 aromatic carbocycles. The maximum Gasteiger partial charge on any atom is 0.307 e. The molecule has 0 saturated carbocycles. The molecule has 1 N–H and O–H groups in total. The van der Waals surface area contributed by atoms with Crippen molar-refractivity contribution < 1.29 is 14.6 Å². The van der Waals surface area contributed by atoms with E-state index in [1.54, 1.807) is 32.0 Å². The van der Waals surface area contributed by atoms with E-state index in [0.29, 0.717) is 15.8 Å². The van der Waals surface area contributed by atoms with Crippen molar-refractivity contribution in [1.82, 2.24) is 0 Å². The average Bonchev–Trinajstić information content (AvgIpc) is 2.09. The van der Waals surface area contributed by atoms with Crippen LogP contribution in [0, 0.1) is 0 Å². The topological polar surface area (TPSA) is 46.5 Å². The van der Waals surface area contributed by atoms with Gasteiger partial charge in [0.05, 0.1) is 16.5 Å². The second-order valence-corrected chi connectivity index (χ2v) is 4.80. The van der Waals surface area contributed by atoms with Gasteiger partial charge in [-0.1, -0.05) is 29.3 Å². The summed E-state index contributed by atoms with van der Waals surface area (Å²) >= 11 is 11.8. The van der Waals surface area contributed by atoms with Crippen LogP contribution in [0.4, 0.5) is 0 Å². The Morgan fingerprint density at radius 1 is 1.38 bits per heavy atom. The van der Waals surface area contributed by atoms with Crippen LogP contribution >= 0.6 is 23.2 Å². The van der Waals surface area contributed by atoms with Gasteiger partial charge in [-0.25, -0.2) is 0 Å². The molecule has 1 aromatic rings. The summed E-state index contributed by atoms with van der Waals surface area (Å²) in [6.07, 6.45) is -0.130. The molecule has 0 saturated heterocycles. The number of ether oxygens (including phenoxy) is 1. The van der Waals surface area contributed by atoms with Gasteiger partial charge < -0.3 is 9.84 Å². The third-order valence-electron chi connectivity index (χ3n) is 1.87. The van der Waals surface area contributed by atoms with E-state index < -0.39 is 11.6 Å². The van der Waals surface area contributed by atoms with E-state index in [4.69, 9.17) is 33.0 Å². The van der Waals surface area contributed by atoms with Gasteiger partial charge in [0.15, 0.2) is 5.75 Å². The first kappa shape index (κ1) is 13.1. The van der Waals surface area contributed by atoms with Crippen molar-refractivity contribution in [3.05, 3.63) is 28.2 Å². The van der Waals surface area contributed by atoms with Crippen molar-refractivity contribution in [2.45, 2.75) is 25.9 Å². The molecule has 0 fully saturated rings. The highest BCUT2D eigenvalue weighted by Gasteiger charge is 2.25. The van der Waals surface area contributed by atoms with Crippen LogP contribution in [0.5, 0.6) is 5.75 Å². The Labute approximate surface area is 104 Å². The van der Waals surface area contributed by atoms with Crippen LogP contribution in [-0.2, 0) is 4.79 Å². The molecule has 0 aliphatic carbocycles. The van der Waals surface area contributed by atoms with Crippen molar-refractivity contribution in [3.8, 4) is 5.75 Å². The second-order valence-electron chi connectivity index (χ2n) is 3.98. The number of hydrogen-bond donors (Lipinski definition) is 1. The SMILES string of the molecule is CC(C)(CC(=O)O)Oc1c(Cl)cccc1Cl. The van der Waals surface area contributed by atoms with Crippen molar-refractivity contribution in [2.24, 2.45) is 0 Å². The molecule has 0 spiro atoms. The first-order chi connectivity index (χ1) is 7.32. The standard InChI is InChI=1S/C11H12Cl2O3/c1-11(2,6-9(14)15)16-10-7(12)4-3-5-8(10)13/h3-5H,6H2,1-2H3,(H,14,15).